The molecule has 0 aromatic heterocycles. The molecule has 0 aliphatic carbocycles. The topological polar surface area (TPSA) is 72.3 Å². The fourth-order valence-corrected chi connectivity index (χ4v) is 2.20. The Hall–Kier alpha value is -2.20. The molecule has 1 amide bonds. The van der Waals surface area contributed by atoms with Gasteiger partial charge in [-0.2, -0.15) is 0 Å². The number of hydrogen-bond donors (Lipinski definition) is 2. The van der Waals surface area contributed by atoms with Crippen molar-refractivity contribution in [1.29, 1.82) is 0 Å². The first kappa shape index (κ1) is 14.2. The zero-order valence-electron chi connectivity index (χ0n) is 11.1. The second kappa shape index (κ2) is 5.84. The van der Waals surface area contributed by atoms with Gasteiger partial charge in [-0.25, -0.2) is 0 Å². The number of nitrogens with zero attached hydrogens (tertiary/aromatic N) is 1. The molecule has 2 aromatic rings. The van der Waals surface area contributed by atoms with Crippen LogP contribution in [0.2, 0.25) is 5.02 Å². The van der Waals surface area contributed by atoms with E-state index in [0.717, 1.165) is 16.9 Å². The summed E-state index contributed by atoms with van der Waals surface area (Å²) in [4.78, 5) is 13.2. The van der Waals surface area contributed by atoms with Gasteiger partial charge in [0.05, 0.1) is 10.6 Å². The van der Waals surface area contributed by atoms with Crippen LogP contribution in [0.5, 0.6) is 0 Å². The van der Waals surface area contributed by atoms with Crippen molar-refractivity contribution in [3.63, 3.8) is 0 Å². The van der Waals surface area contributed by atoms with Crippen LogP contribution < -0.4 is 16.4 Å². The van der Waals surface area contributed by atoms with Gasteiger partial charge < -0.3 is 16.4 Å². The van der Waals surface area contributed by atoms with Crippen LogP contribution in [0.15, 0.2) is 42.5 Å². The van der Waals surface area contributed by atoms with E-state index in [4.69, 9.17) is 23.1 Å². The Kier molecular flexibility index (Phi) is 4.15. The van der Waals surface area contributed by atoms with Crippen LogP contribution in [-0.4, -0.2) is 13.0 Å². The van der Waals surface area contributed by atoms with E-state index in [0.29, 0.717) is 17.1 Å². The van der Waals surface area contributed by atoms with Crippen LogP contribution >= 0.6 is 11.6 Å². The first-order valence-electron chi connectivity index (χ1n) is 6.12. The Labute approximate surface area is 122 Å². The van der Waals surface area contributed by atoms with E-state index in [9.17, 15) is 4.79 Å². The Balaban J connectivity index is 2.17. The molecule has 0 atom stereocenters. The monoisotopic (exact) mass is 289 g/mol. The van der Waals surface area contributed by atoms with Crippen LogP contribution in [0.25, 0.3) is 0 Å². The Bertz CT molecular complexity index is 626. The van der Waals surface area contributed by atoms with Crippen LogP contribution in [0.4, 0.5) is 11.4 Å². The van der Waals surface area contributed by atoms with Crippen LogP contribution in [0.3, 0.4) is 0 Å². The lowest BCUT2D eigenvalue weighted by Gasteiger charge is -2.20. The van der Waals surface area contributed by atoms with Crippen molar-refractivity contribution in [2.24, 2.45) is 5.73 Å². The van der Waals surface area contributed by atoms with Gasteiger partial charge in [-0.3, -0.25) is 4.79 Å². The minimum absolute atomic E-state index is 0.330. The molecule has 0 spiro atoms. The fourth-order valence-electron chi connectivity index (χ4n) is 1.93. The van der Waals surface area contributed by atoms with E-state index in [1.807, 2.05) is 42.3 Å². The van der Waals surface area contributed by atoms with Crippen LogP contribution in [0.1, 0.15) is 15.9 Å². The summed E-state index contributed by atoms with van der Waals surface area (Å²) in [6.45, 7) is 0.715. The number of amides is 1. The van der Waals surface area contributed by atoms with Crippen LogP contribution in [0, 0.1) is 0 Å². The van der Waals surface area contributed by atoms with Gasteiger partial charge in [-0.15, -0.1) is 0 Å². The molecule has 0 saturated carbocycles. The largest absolute Gasteiger partial charge is 0.399 e. The quantitative estimate of drug-likeness (QED) is 0.850. The molecule has 20 heavy (non-hydrogen) atoms. The van der Waals surface area contributed by atoms with Gasteiger partial charge in [-0.1, -0.05) is 23.7 Å². The van der Waals surface area contributed by atoms with Gasteiger partial charge >= 0.3 is 0 Å². The van der Waals surface area contributed by atoms with Crippen molar-refractivity contribution in [3.05, 3.63) is 58.6 Å². The van der Waals surface area contributed by atoms with Crippen molar-refractivity contribution in [2.45, 2.75) is 6.54 Å². The molecule has 104 valence electrons. The number of halogens is 1. The van der Waals surface area contributed by atoms with Crippen molar-refractivity contribution < 1.29 is 4.79 Å². The summed E-state index contributed by atoms with van der Waals surface area (Å²) >= 11 is 6.05. The molecule has 0 saturated heterocycles. The van der Waals surface area contributed by atoms with Crippen molar-refractivity contribution in [2.75, 3.05) is 17.7 Å². The van der Waals surface area contributed by atoms with Gasteiger partial charge in [0.25, 0.3) is 0 Å². The Morgan fingerprint density at radius 3 is 2.40 bits per heavy atom. The maximum Gasteiger partial charge on any atom is 0.250 e. The lowest BCUT2D eigenvalue weighted by Crippen LogP contribution is -2.17. The highest BCUT2D eigenvalue weighted by atomic mass is 35.5. The number of nitrogens with two attached hydrogens (primary N) is 2. The van der Waals surface area contributed by atoms with Gasteiger partial charge in [0.2, 0.25) is 5.91 Å². The summed E-state index contributed by atoms with van der Waals surface area (Å²) < 4.78 is 0. The maximum atomic E-state index is 11.1. The SMILES string of the molecule is CN(Cc1ccc(N)cc1)c1ccc(C(N)=O)c(Cl)c1. The van der Waals surface area contributed by atoms with E-state index < -0.39 is 5.91 Å². The van der Waals surface area contributed by atoms with Crippen molar-refractivity contribution in [3.8, 4) is 0 Å². The molecular formula is C15H16ClN3O. The molecule has 0 heterocycles. The van der Waals surface area contributed by atoms with Crippen molar-refractivity contribution >= 4 is 28.9 Å². The first-order chi connectivity index (χ1) is 9.47. The third-order valence-corrected chi connectivity index (χ3v) is 3.37. The van der Waals surface area contributed by atoms with Gasteiger partial charge in [-0.05, 0) is 35.9 Å². The van der Waals surface area contributed by atoms with Gasteiger partial charge in [0, 0.05) is 25.0 Å². The highest BCUT2D eigenvalue weighted by Gasteiger charge is 2.09. The van der Waals surface area contributed by atoms with Crippen molar-refractivity contribution in [1.82, 2.24) is 0 Å². The van der Waals surface area contributed by atoms with E-state index in [2.05, 4.69) is 0 Å². The minimum Gasteiger partial charge on any atom is -0.399 e. The number of rotatable bonds is 4. The average molecular weight is 290 g/mol. The number of carbonyl (C=O) groups is 1. The number of benzene rings is 2. The molecule has 0 fully saturated rings. The molecule has 2 rings (SSSR count). The summed E-state index contributed by atoms with van der Waals surface area (Å²) in [7, 11) is 1.95. The van der Waals surface area contributed by atoms with E-state index >= 15 is 0 Å². The second-order valence-electron chi connectivity index (χ2n) is 4.63. The molecule has 4 nitrogen and oxygen atoms in total. The summed E-state index contributed by atoms with van der Waals surface area (Å²) in [5, 5.41) is 0.360. The summed E-state index contributed by atoms with van der Waals surface area (Å²) in [5.74, 6) is -0.525. The van der Waals surface area contributed by atoms with E-state index in [1.54, 1.807) is 12.1 Å². The minimum atomic E-state index is -0.525. The van der Waals surface area contributed by atoms with E-state index in [-0.39, 0.29) is 0 Å². The molecule has 0 radical (unpaired) electrons. The molecule has 0 aliphatic rings. The second-order valence-corrected chi connectivity index (χ2v) is 5.03. The molecule has 4 N–H and O–H groups in total. The zero-order valence-corrected chi connectivity index (χ0v) is 11.9. The molecule has 0 unspecified atom stereocenters. The lowest BCUT2D eigenvalue weighted by molar-refractivity contribution is 0.100. The lowest BCUT2D eigenvalue weighted by atomic mass is 10.1. The molecule has 0 aliphatic heterocycles. The molecular weight excluding hydrogens is 274 g/mol. The number of nitrogen functional groups attached to an aromatic ring is 1. The summed E-state index contributed by atoms with van der Waals surface area (Å²) in [5.41, 5.74) is 14.0. The Morgan fingerprint density at radius 2 is 1.85 bits per heavy atom. The maximum absolute atomic E-state index is 11.1. The fraction of sp³-hybridized carbons (Fsp3) is 0.133. The van der Waals surface area contributed by atoms with Crippen LogP contribution in [-0.2, 0) is 6.54 Å². The first-order valence-corrected chi connectivity index (χ1v) is 6.50. The molecule has 0 bridgehead atoms. The predicted molar refractivity (Wildman–Crippen MR) is 82.9 cm³/mol. The number of primary amides is 1. The highest BCUT2D eigenvalue weighted by Crippen LogP contribution is 2.24. The van der Waals surface area contributed by atoms with E-state index in [1.165, 1.54) is 0 Å². The van der Waals surface area contributed by atoms with Gasteiger partial charge in [0.15, 0.2) is 0 Å². The predicted octanol–water partition coefficient (Wildman–Crippen LogP) is 2.66. The molecule has 2 aromatic carbocycles. The third-order valence-electron chi connectivity index (χ3n) is 3.06. The van der Waals surface area contributed by atoms with Gasteiger partial charge in [0.1, 0.15) is 0 Å². The zero-order chi connectivity index (χ0) is 14.7. The number of anilines is 2. The molecule has 5 heteroatoms. The average Bonchev–Trinajstić information content (AvgIpc) is 2.40. The smallest absolute Gasteiger partial charge is 0.250 e. The third kappa shape index (κ3) is 3.22. The Morgan fingerprint density at radius 1 is 1.20 bits per heavy atom. The summed E-state index contributed by atoms with van der Waals surface area (Å²) in [6, 6.07) is 12.9. The number of hydrogen-bond acceptors (Lipinski definition) is 3. The number of carbonyl (C=O) groups excluding carboxylic acids is 1. The standard InChI is InChI=1S/C15H16ClN3O/c1-19(9-10-2-4-11(17)5-3-10)12-6-7-13(15(18)20)14(16)8-12/h2-8H,9,17H2,1H3,(H2,18,20). The highest BCUT2D eigenvalue weighted by molar-refractivity contribution is 6.34. The summed E-state index contributed by atoms with van der Waals surface area (Å²) in [6.07, 6.45) is 0. The normalized spacial score (nSPS) is 10.3.